The van der Waals surface area contributed by atoms with Crippen LogP contribution in [0, 0.1) is 12.0 Å². The summed E-state index contributed by atoms with van der Waals surface area (Å²) in [5.41, 5.74) is 5.67. The number of aryl methyl sites for hydroxylation is 1. The average molecular weight is 191 g/mol. The first-order valence-electron chi connectivity index (χ1n) is 4.46. The Bertz CT molecular complexity index is 370. The van der Waals surface area contributed by atoms with Crippen molar-refractivity contribution in [1.82, 2.24) is 9.78 Å². The normalized spacial score (nSPS) is 9.21. The van der Waals surface area contributed by atoms with Crippen LogP contribution in [0.3, 0.4) is 0 Å². The third kappa shape index (κ3) is 2.94. The number of hydrogen-bond acceptors (Lipinski definition) is 3. The molecule has 1 rings (SSSR count). The molecule has 0 aromatic carbocycles. The Balaban J connectivity index is 2.42. The highest BCUT2D eigenvalue weighted by Gasteiger charge is 2.01. The lowest BCUT2D eigenvalue weighted by atomic mass is 10.3. The Hall–Kier alpha value is -1.76. The third-order valence-electron chi connectivity index (χ3n) is 1.83. The molecule has 0 fully saturated rings. The van der Waals surface area contributed by atoms with Gasteiger partial charge in [0, 0.05) is 25.2 Å². The van der Waals surface area contributed by atoms with Gasteiger partial charge in [0.25, 0.3) is 0 Å². The third-order valence-corrected chi connectivity index (χ3v) is 1.83. The summed E-state index contributed by atoms with van der Waals surface area (Å²) < 4.78 is 1.74. The number of Topliss-reactive ketones (excluding diaryl/α,β-unsaturated/α-hetero) is 1. The summed E-state index contributed by atoms with van der Waals surface area (Å²) in [7, 11) is 0. The van der Waals surface area contributed by atoms with E-state index in [0.29, 0.717) is 5.56 Å². The smallest absolute Gasteiger partial charge is 0.162 e. The van der Waals surface area contributed by atoms with Crippen LogP contribution < -0.4 is 5.73 Å². The fourth-order valence-corrected chi connectivity index (χ4v) is 1.07. The Morgan fingerprint density at radius 2 is 2.50 bits per heavy atom. The molecule has 0 bridgehead atoms. The van der Waals surface area contributed by atoms with E-state index in [1.54, 1.807) is 17.1 Å². The Morgan fingerprint density at radius 3 is 3.07 bits per heavy atom. The molecule has 0 radical (unpaired) electrons. The van der Waals surface area contributed by atoms with Gasteiger partial charge in [0.05, 0.1) is 11.8 Å². The van der Waals surface area contributed by atoms with Gasteiger partial charge in [-0.1, -0.05) is 5.92 Å². The second-order valence-corrected chi connectivity index (χ2v) is 2.97. The van der Waals surface area contributed by atoms with Crippen LogP contribution in [-0.4, -0.2) is 15.6 Å². The van der Waals surface area contributed by atoms with Crippen molar-refractivity contribution in [1.29, 1.82) is 0 Å². The van der Waals surface area contributed by atoms with Gasteiger partial charge in [0.15, 0.2) is 5.78 Å². The number of unbranched alkanes of at least 4 members (excludes halogenated alkanes) is 1. The molecule has 0 saturated heterocycles. The minimum Gasteiger partial charge on any atom is -0.359 e. The Labute approximate surface area is 83.1 Å². The summed E-state index contributed by atoms with van der Waals surface area (Å²) in [6, 6.07) is 2.34. The highest BCUT2D eigenvalue weighted by Crippen LogP contribution is 2.00. The Morgan fingerprint density at radius 1 is 1.71 bits per heavy atom. The predicted octanol–water partition coefficient (Wildman–Crippen LogP) is 0.786. The van der Waals surface area contributed by atoms with Crippen LogP contribution in [0.1, 0.15) is 30.1 Å². The van der Waals surface area contributed by atoms with Crippen molar-refractivity contribution >= 4 is 5.78 Å². The number of rotatable bonds is 4. The molecule has 2 N–H and O–H groups in total. The standard InChI is InChI=1S/C10H13N3O/c1-9(14)10-7-12-13(8-10)6-4-2-3-5-11/h7-8H,2,4,6,11H2,1H3. The maximum absolute atomic E-state index is 10.9. The number of ketones is 1. The summed E-state index contributed by atoms with van der Waals surface area (Å²) in [5.74, 6) is 2.81. The molecular weight excluding hydrogens is 178 g/mol. The molecule has 14 heavy (non-hydrogen) atoms. The molecule has 0 spiro atoms. The van der Waals surface area contributed by atoms with Gasteiger partial charge in [0.2, 0.25) is 0 Å². The van der Waals surface area contributed by atoms with Crippen LogP contribution >= 0.6 is 0 Å². The van der Waals surface area contributed by atoms with Crippen LogP contribution in [0.25, 0.3) is 0 Å². The van der Waals surface area contributed by atoms with E-state index in [-0.39, 0.29) is 5.78 Å². The van der Waals surface area contributed by atoms with Gasteiger partial charge in [-0.3, -0.25) is 9.48 Å². The van der Waals surface area contributed by atoms with Crippen molar-refractivity contribution in [3.8, 4) is 12.0 Å². The quantitative estimate of drug-likeness (QED) is 0.331. The molecule has 0 saturated carbocycles. The zero-order valence-electron chi connectivity index (χ0n) is 8.16. The first-order chi connectivity index (χ1) is 6.74. The van der Waals surface area contributed by atoms with Crippen LogP contribution in [0.2, 0.25) is 0 Å². The molecule has 0 unspecified atom stereocenters. The van der Waals surface area contributed by atoms with Gasteiger partial charge in [-0.15, -0.1) is 0 Å². The number of nitrogens with zero attached hydrogens (tertiary/aromatic N) is 2. The van der Waals surface area contributed by atoms with Crippen molar-refractivity contribution in [2.75, 3.05) is 0 Å². The lowest BCUT2D eigenvalue weighted by Crippen LogP contribution is -1.98. The van der Waals surface area contributed by atoms with Crippen molar-refractivity contribution in [2.24, 2.45) is 5.73 Å². The van der Waals surface area contributed by atoms with E-state index in [4.69, 9.17) is 5.73 Å². The molecule has 1 heterocycles. The largest absolute Gasteiger partial charge is 0.359 e. The molecule has 0 atom stereocenters. The van der Waals surface area contributed by atoms with Gasteiger partial charge in [-0.05, 0) is 13.3 Å². The first-order valence-corrected chi connectivity index (χ1v) is 4.46. The molecular formula is C10H13N3O. The average Bonchev–Trinajstić information content (AvgIpc) is 2.61. The topological polar surface area (TPSA) is 60.9 Å². The lowest BCUT2D eigenvalue weighted by Gasteiger charge is -1.96. The minimum atomic E-state index is 0.0398. The number of hydrogen-bond donors (Lipinski definition) is 1. The van der Waals surface area contributed by atoms with E-state index >= 15 is 0 Å². The van der Waals surface area contributed by atoms with Crippen molar-refractivity contribution in [2.45, 2.75) is 26.3 Å². The first kappa shape index (κ1) is 10.3. The molecule has 74 valence electrons. The molecule has 4 heteroatoms. The molecule has 0 amide bonds. The number of aromatic nitrogens is 2. The minimum absolute atomic E-state index is 0.0398. The van der Waals surface area contributed by atoms with Crippen molar-refractivity contribution < 1.29 is 4.79 Å². The second kappa shape index (κ2) is 5.07. The maximum atomic E-state index is 10.9. The molecule has 0 aliphatic heterocycles. The van der Waals surface area contributed by atoms with E-state index < -0.39 is 0 Å². The molecule has 4 nitrogen and oxygen atoms in total. The van der Waals surface area contributed by atoms with Gasteiger partial charge in [-0.2, -0.15) is 5.10 Å². The monoisotopic (exact) mass is 191 g/mol. The summed E-state index contributed by atoms with van der Waals surface area (Å²) in [6.07, 6.45) is 4.98. The van der Waals surface area contributed by atoms with E-state index in [1.807, 2.05) is 0 Å². The number of carbonyl (C=O) groups is 1. The van der Waals surface area contributed by atoms with Crippen LogP contribution in [-0.2, 0) is 6.54 Å². The van der Waals surface area contributed by atoms with Gasteiger partial charge in [-0.25, -0.2) is 0 Å². The fraction of sp³-hybridized carbons (Fsp3) is 0.400. The number of carbonyl (C=O) groups excluding carboxylic acids is 1. The van der Waals surface area contributed by atoms with Crippen LogP contribution in [0.5, 0.6) is 0 Å². The SMILES string of the molecule is CC(=O)c1cnn(CCCC#CN)c1. The molecule has 0 aliphatic rings. The van der Waals surface area contributed by atoms with E-state index in [0.717, 1.165) is 19.4 Å². The summed E-state index contributed by atoms with van der Waals surface area (Å²) in [5, 5.41) is 4.05. The van der Waals surface area contributed by atoms with E-state index in [2.05, 4.69) is 17.1 Å². The van der Waals surface area contributed by atoms with Gasteiger partial charge >= 0.3 is 0 Å². The second-order valence-electron chi connectivity index (χ2n) is 2.97. The Kier molecular flexibility index (Phi) is 3.74. The number of nitrogens with two attached hydrogens (primary N) is 1. The van der Waals surface area contributed by atoms with E-state index in [9.17, 15) is 4.79 Å². The predicted molar refractivity (Wildman–Crippen MR) is 53.4 cm³/mol. The summed E-state index contributed by atoms with van der Waals surface area (Å²) in [4.78, 5) is 10.9. The molecule has 0 aliphatic carbocycles. The summed E-state index contributed by atoms with van der Waals surface area (Å²) in [6.45, 7) is 2.29. The fourth-order valence-electron chi connectivity index (χ4n) is 1.07. The van der Waals surface area contributed by atoms with Gasteiger partial charge in [0.1, 0.15) is 0 Å². The van der Waals surface area contributed by atoms with Crippen LogP contribution in [0.15, 0.2) is 12.4 Å². The highest BCUT2D eigenvalue weighted by molar-refractivity contribution is 5.93. The molecule has 1 aromatic heterocycles. The van der Waals surface area contributed by atoms with E-state index in [1.165, 1.54) is 6.92 Å². The van der Waals surface area contributed by atoms with Crippen molar-refractivity contribution in [3.05, 3.63) is 18.0 Å². The van der Waals surface area contributed by atoms with Crippen LogP contribution in [0.4, 0.5) is 0 Å². The summed E-state index contributed by atoms with van der Waals surface area (Å²) >= 11 is 0. The van der Waals surface area contributed by atoms with Crippen molar-refractivity contribution in [3.63, 3.8) is 0 Å². The lowest BCUT2D eigenvalue weighted by molar-refractivity contribution is 0.101. The zero-order valence-corrected chi connectivity index (χ0v) is 8.16. The van der Waals surface area contributed by atoms with Gasteiger partial charge < -0.3 is 5.73 Å². The highest BCUT2D eigenvalue weighted by atomic mass is 16.1. The molecule has 1 aromatic rings. The zero-order chi connectivity index (χ0) is 10.4. The maximum Gasteiger partial charge on any atom is 0.162 e.